The van der Waals surface area contributed by atoms with Gasteiger partial charge in [-0.15, -0.1) is 0 Å². The molecule has 1 aliphatic heterocycles. The topological polar surface area (TPSA) is 76.7 Å². The Morgan fingerprint density at radius 2 is 1.67 bits per heavy atom. The highest BCUT2D eigenvalue weighted by Gasteiger charge is 2.17. The van der Waals surface area contributed by atoms with Gasteiger partial charge in [0.25, 0.3) is 11.8 Å². The smallest absolute Gasteiger partial charge is 0.255 e. The van der Waals surface area contributed by atoms with Crippen molar-refractivity contribution in [3.05, 3.63) is 95.6 Å². The molecule has 0 spiro atoms. The summed E-state index contributed by atoms with van der Waals surface area (Å²) in [6, 6.07) is 23.9. The third-order valence-electron chi connectivity index (χ3n) is 5.54. The third kappa shape index (κ3) is 6.43. The minimum Gasteiger partial charge on any atom is -0.491 e. The molecule has 1 aliphatic rings. The van der Waals surface area contributed by atoms with Gasteiger partial charge < -0.3 is 20.1 Å². The molecule has 6 heteroatoms. The van der Waals surface area contributed by atoms with Gasteiger partial charge in [0.1, 0.15) is 12.4 Å². The molecule has 6 nitrogen and oxygen atoms in total. The summed E-state index contributed by atoms with van der Waals surface area (Å²) < 4.78 is 11.3. The van der Waals surface area contributed by atoms with Crippen molar-refractivity contribution in [3.8, 4) is 5.75 Å². The number of amides is 2. The van der Waals surface area contributed by atoms with E-state index in [1.807, 2.05) is 30.3 Å². The van der Waals surface area contributed by atoms with Gasteiger partial charge in [0.15, 0.2) is 0 Å². The molecule has 0 bridgehead atoms. The number of anilines is 1. The summed E-state index contributed by atoms with van der Waals surface area (Å²) in [5.41, 5.74) is 2.54. The number of hydrogen-bond donors (Lipinski definition) is 2. The molecule has 2 N–H and O–H groups in total. The minimum absolute atomic E-state index is 0.142. The van der Waals surface area contributed by atoms with Crippen molar-refractivity contribution in [2.24, 2.45) is 0 Å². The second kappa shape index (κ2) is 11.3. The van der Waals surface area contributed by atoms with Crippen molar-refractivity contribution in [1.29, 1.82) is 0 Å². The Balaban J connectivity index is 1.32. The maximum Gasteiger partial charge on any atom is 0.255 e. The molecule has 0 radical (unpaired) electrons. The van der Waals surface area contributed by atoms with Crippen LogP contribution in [0.1, 0.15) is 39.1 Å². The molecule has 1 unspecified atom stereocenters. The molecule has 1 heterocycles. The number of hydrogen-bond acceptors (Lipinski definition) is 4. The van der Waals surface area contributed by atoms with Crippen LogP contribution in [0, 0.1) is 0 Å². The number of rotatable bonds is 9. The maximum absolute atomic E-state index is 12.8. The number of carbonyl (C=O) groups is 2. The molecular formula is C27H28N2O4. The highest BCUT2D eigenvalue weighted by molar-refractivity contribution is 6.09. The lowest BCUT2D eigenvalue weighted by Crippen LogP contribution is -2.27. The number of benzene rings is 3. The first-order chi connectivity index (χ1) is 16.2. The lowest BCUT2D eigenvalue weighted by atomic mass is 10.1. The average molecular weight is 445 g/mol. The predicted molar refractivity (Wildman–Crippen MR) is 128 cm³/mol. The van der Waals surface area contributed by atoms with Crippen LogP contribution in [0.5, 0.6) is 5.75 Å². The Hall–Kier alpha value is -3.64. The Morgan fingerprint density at radius 1 is 0.909 bits per heavy atom. The summed E-state index contributed by atoms with van der Waals surface area (Å²) in [6.45, 7) is 1.82. The normalized spacial score (nSPS) is 15.1. The van der Waals surface area contributed by atoms with Crippen molar-refractivity contribution in [2.75, 3.05) is 25.1 Å². The monoisotopic (exact) mass is 444 g/mol. The van der Waals surface area contributed by atoms with Gasteiger partial charge in [0.05, 0.1) is 17.4 Å². The lowest BCUT2D eigenvalue weighted by Gasteiger charge is -2.13. The van der Waals surface area contributed by atoms with Gasteiger partial charge in [0.2, 0.25) is 0 Å². The van der Waals surface area contributed by atoms with E-state index in [-0.39, 0.29) is 17.9 Å². The number of carbonyl (C=O) groups excluding carboxylic acids is 2. The van der Waals surface area contributed by atoms with Crippen molar-refractivity contribution < 1.29 is 19.1 Å². The summed E-state index contributed by atoms with van der Waals surface area (Å²) >= 11 is 0. The van der Waals surface area contributed by atoms with Gasteiger partial charge in [-0.2, -0.15) is 0 Å². The van der Waals surface area contributed by atoms with E-state index < -0.39 is 0 Å². The zero-order chi connectivity index (χ0) is 22.9. The van der Waals surface area contributed by atoms with Crippen molar-refractivity contribution >= 4 is 17.5 Å². The van der Waals surface area contributed by atoms with Gasteiger partial charge in [-0.1, -0.05) is 42.5 Å². The molecular weight excluding hydrogens is 416 g/mol. The van der Waals surface area contributed by atoms with E-state index in [1.54, 1.807) is 48.5 Å². The average Bonchev–Trinajstić information content (AvgIpc) is 3.38. The standard InChI is InChI=1S/C27H28N2O4/c30-26(21-12-14-22(15-13-21)33-19-23-9-6-18-32-23)29-25-11-5-4-10-24(25)27(31)28-17-16-20-7-2-1-3-8-20/h1-5,7-8,10-15,23H,6,9,16-19H2,(H,28,31)(H,29,30). The first-order valence-electron chi connectivity index (χ1n) is 11.3. The van der Waals surface area contributed by atoms with Crippen LogP contribution in [-0.2, 0) is 11.2 Å². The van der Waals surface area contributed by atoms with E-state index in [2.05, 4.69) is 10.6 Å². The van der Waals surface area contributed by atoms with Crippen LogP contribution in [-0.4, -0.2) is 37.7 Å². The molecule has 0 saturated carbocycles. The Labute approximate surface area is 193 Å². The Kier molecular flexibility index (Phi) is 7.72. The summed E-state index contributed by atoms with van der Waals surface area (Å²) in [5, 5.41) is 5.78. The molecule has 2 amide bonds. The van der Waals surface area contributed by atoms with E-state index in [0.717, 1.165) is 31.4 Å². The predicted octanol–water partition coefficient (Wildman–Crippen LogP) is 4.47. The van der Waals surface area contributed by atoms with Crippen LogP contribution in [0.25, 0.3) is 0 Å². The highest BCUT2D eigenvalue weighted by Crippen LogP contribution is 2.19. The van der Waals surface area contributed by atoms with Crippen LogP contribution in [0.2, 0.25) is 0 Å². The van der Waals surface area contributed by atoms with Crippen molar-refractivity contribution in [3.63, 3.8) is 0 Å². The van der Waals surface area contributed by atoms with Crippen LogP contribution in [0.15, 0.2) is 78.9 Å². The molecule has 3 aromatic rings. The zero-order valence-electron chi connectivity index (χ0n) is 18.5. The summed E-state index contributed by atoms with van der Waals surface area (Å²) in [4.78, 5) is 25.5. The van der Waals surface area contributed by atoms with Gasteiger partial charge >= 0.3 is 0 Å². The van der Waals surface area contributed by atoms with Crippen molar-refractivity contribution in [1.82, 2.24) is 5.32 Å². The fraction of sp³-hybridized carbons (Fsp3) is 0.259. The van der Waals surface area contributed by atoms with E-state index in [1.165, 1.54) is 0 Å². The van der Waals surface area contributed by atoms with E-state index in [4.69, 9.17) is 9.47 Å². The second-order valence-corrected chi connectivity index (χ2v) is 7.96. The van der Waals surface area contributed by atoms with Gasteiger partial charge in [-0.25, -0.2) is 0 Å². The van der Waals surface area contributed by atoms with Crippen LogP contribution in [0.4, 0.5) is 5.69 Å². The highest BCUT2D eigenvalue weighted by atomic mass is 16.5. The van der Waals surface area contributed by atoms with Crippen LogP contribution >= 0.6 is 0 Å². The minimum atomic E-state index is -0.287. The quantitative estimate of drug-likeness (QED) is 0.511. The van der Waals surface area contributed by atoms with E-state index in [9.17, 15) is 9.59 Å². The van der Waals surface area contributed by atoms with Crippen molar-refractivity contribution in [2.45, 2.75) is 25.4 Å². The Morgan fingerprint density at radius 3 is 2.42 bits per heavy atom. The van der Waals surface area contributed by atoms with E-state index >= 15 is 0 Å². The molecule has 1 saturated heterocycles. The SMILES string of the molecule is O=C(Nc1ccccc1C(=O)NCCc1ccccc1)c1ccc(OCC2CCCO2)cc1. The Bertz CT molecular complexity index is 1060. The zero-order valence-corrected chi connectivity index (χ0v) is 18.5. The largest absolute Gasteiger partial charge is 0.491 e. The van der Waals surface area contributed by atoms with Gasteiger partial charge in [-0.05, 0) is 61.2 Å². The molecule has 170 valence electrons. The summed E-state index contributed by atoms with van der Waals surface area (Å²) in [6.07, 6.45) is 2.96. The van der Waals surface area contributed by atoms with Crippen LogP contribution < -0.4 is 15.4 Å². The first kappa shape index (κ1) is 22.6. The fourth-order valence-corrected chi connectivity index (χ4v) is 3.71. The summed E-state index contributed by atoms with van der Waals surface area (Å²) in [5.74, 6) is 0.185. The maximum atomic E-state index is 12.8. The summed E-state index contributed by atoms with van der Waals surface area (Å²) in [7, 11) is 0. The fourth-order valence-electron chi connectivity index (χ4n) is 3.71. The van der Waals surface area contributed by atoms with Gasteiger partial charge in [-0.3, -0.25) is 9.59 Å². The first-order valence-corrected chi connectivity index (χ1v) is 11.3. The molecule has 0 aliphatic carbocycles. The lowest BCUT2D eigenvalue weighted by molar-refractivity contribution is 0.0679. The molecule has 33 heavy (non-hydrogen) atoms. The molecule has 3 aromatic carbocycles. The van der Waals surface area contributed by atoms with E-state index in [0.29, 0.717) is 35.7 Å². The molecule has 1 fully saturated rings. The third-order valence-corrected chi connectivity index (χ3v) is 5.54. The number of nitrogens with one attached hydrogen (secondary N) is 2. The second-order valence-electron chi connectivity index (χ2n) is 7.96. The molecule has 1 atom stereocenters. The van der Waals surface area contributed by atoms with Gasteiger partial charge in [0, 0.05) is 18.7 Å². The number of para-hydroxylation sites is 1. The molecule has 0 aromatic heterocycles. The van der Waals surface area contributed by atoms with Crippen LogP contribution in [0.3, 0.4) is 0 Å². The molecule has 4 rings (SSSR count). The number of ether oxygens (including phenoxy) is 2.